The number of alkyl halides is 3. The first-order valence-corrected chi connectivity index (χ1v) is 10.6. The van der Waals surface area contributed by atoms with Crippen molar-refractivity contribution in [3.05, 3.63) is 64.5 Å². The third-order valence-corrected chi connectivity index (χ3v) is 6.11. The summed E-state index contributed by atoms with van der Waals surface area (Å²) >= 11 is 0. The fourth-order valence-corrected chi connectivity index (χ4v) is 4.40. The van der Waals surface area contributed by atoms with E-state index >= 15 is 0 Å². The van der Waals surface area contributed by atoms with Crippen LogP contribution in [0.25, 0.3) is 0 Å². The van der Waals surface area contributed by atoms with Crippen LogP contribution in [0.1, 0.15) is 66.8 Å². The van der Waals surface area contributed by atoms with Crippen LogP contribution in [0.4, 0.5) is 17.6 Å². The Morgan fingerprint density at radius 2 is 1.97 bits per heavy atom. The number of carbonyl (C=O) groups is 1. The molecule has 1 fully saturated rings. The van der Waals surface area contributed by atoms with Crippen LogP contribution < -0.4 is 10.1 Å². The van der Waals surface area contributed by atoms with Gasteiger partial charge in [-0.25, -0.2) is 4.39 Å². The summed E-state index contributed by atoms with van der Waals surface area (Å²) < 4.78 is 59.4. The molecule has 4 nitrogen and oxygen atoms in total. The lowest BCUT2D eigenvalue weighted by Crippen LogP contribution is -2.29. The largest absolute Gasteiger partial charge is 0.494 e. The van der Waals surface area contributed by atoms with Crippen LogP contribution in [0.15, 0.2) is 36.4 Å². The summed E-state index contributed by atoms with van der Waals surface area (Å²) in [7, 11) is 1.41. The molecule has 32 heavy (non-hydrogen) atoms. The third kappa shape index (κ3) is 5.79. The van der Waals surface area contributed by atoms with Gasteiger partial charge in [-0.3, -0.25) is 4.79 Å². The Kier molecular flexibility index (Phi) is 7.44. The lowest BCUT2D eigenvalue weighted by atomic mass is 9.92. The molecule has 0 bridgehead atoms. The quantitative estimate of drug-likeness (QED) is 0.492. The van der Waals surface area contributed by atoms with Crippen molar-refractivity contribution >= 4 is 5.97 Å². The molecule has 0 heterocycles. The molecule has 1 saturated carbocycles. The van der Waals surface area contributed by atoms with Gasteiger partial charge in [-0.15, -0.1) is 0 Å². The van der Waals surface area contributed by atoms with Gasteiger partial charge in [-0.1, -0.05) is 18.2 Å². The van der Waals surface area contributed by atoms with E-state index in [2.05, 4.69) is 5.32 Å². The Morgan fingerprint density at radius 1 is 1.22 bits per heavy atom. The molecule has 0 aliphatic heterocycles. The van der Waals surface area contributed by atoms with E-state index in [9.17, 15) is 22.4 Å². The number of rotatable bonds is 8. The fourth-order valence-electron chi connectivity index (χ4n) is 4.40. The zero-order valence-corrected chi connectivity index (χ0v) is 18.0. The zero-order valence-electron chi connectivity index (χ0n) is 18.0. The Bertz CT molecular complexity index is 961. The van der Waals surface area contributed by atoms with Gasteiger partial charge in [0.1, 0.15) is 0 Å². The molecule has 3 atom stereocenters. The standard InChI is InChI=1S/C24H27F4NO3/c1-14(16-6-9-21(25)22(13-16)32-2)29-19-8-5-17(11-19)18-4-3-15(7-10-23(30)31)20(12-18)24(26,27)28/h3-4,6,9,12-14,17,19,29H,5,7-8,10-11H2,1-2H3,(H,30,31)/t14-,17?,19-/m0/s1. The number of ether oxygens (including phenoxy) is 1. The van der Waals surface area contributed by atoms with Crippen molar-refractivity contribution in [2.75, 3.05) is 7.11 Å². The number of hydrogen-bond acceptors (Lipinski definition) is 3. The number of aliphatic carboxylic acids is 1. The van der Waals surface area contributed by atoms with Gasteiger partial charge in [0, 0.05) is 18.5 Å². The van der Waals surface area contributed by atoms with Gasteiger partial charge in [0.25, 0.3) is 0 Å². The number of benzene rings is 2. The van der Waals surface area contributed by atoms with Crippen LogP contribution in [-0.4, -0.2) is 24.2 Å². The van der Waals surface area contributed by atoms with Gasteiger partial charge in [0.15, 0.2) is 11.6 Å². The summed E-state index contributed by atoms with van der Waals surface area (Å²) in [5, 5.41) is 12.3. The summed E-state index contributed by atoms with van der Waals surface area (Å²) in [4.78, 5) is 10.8. The normalized spacial score (nSPS) is 19.7. The average Bonchev–Trinajstić information content (AvgIpc) is 3.20. The highest BCUT2D eigenvalue weighted by molar-refractivity contribution is 5.67. The van der Waals surface area contributed by atoms with E-state index in [-0.39, 0.29) is 42.2 Å². The summed E-state index contributed by atoms with van der Waals surface area (Å²) in [6.07, 6.45) is -2.77. The lowest BCUT2D eigenvalue weighted by Gasteiger charge is -2.21. The summed E-state index contributed by atoms with van der Waals surface area (Å²) in [6.45, 7) is 1.96. The maximum Gasteiger partial charge on any atom is 0.416 e. The summed E-state index contributed by atoms with van der Waals surface area (Å²) in [5.41, 5.74) is 0.750. The van der Waals surface area contributed by atoms with E-state index in [1.54, 1.807) is 18.2 Å². The minimum absolute atomic E-state index is 0.00945. The Morgan fingerprint density at radius 3 is 2.62 bits per heavy atom. The van der Waals surface area contributed by atoms with E-state index in [1.165, 1.54) is 25.3 Å². The summed E-state index contributed by atoms with van der Waals surface area (Å²) in [6, 6.07) is 9.01. The van der Waals surface area contributed by atoms with Gasteiger partial charge in [0.2, 0.25) is 0 Å². The van der Waals surface area contributed by atoms with E-state index in [1.807, 2.05) is 6.92 Å². The second-order valence-electron chi connectivity index (χ2n) is 8.30. The number of carboxylic acids is 1. The molecule has 2 aromatic rings. The molecule has 2 aromatic carbocycles. The number of nitrogens with one attached hydrogen (secondary N) is 1. The van der Waals surface area contributed by atoms with Crippen molar-refractivity contribution in [2.24, 2.45) is 0 Å². The minimum atomic E-state index is -4.53. The highest BCUT2D eigenvalue weighted by Gasteiger charge is 2.35. The van der Waals surface area contributed by atoms with E-state index in [4.69, 9.17) is 9.84 Å². The average molecular weight is 453 g/mol. The second kappa shape index (κ2) is 9.90. The predicted octanol–water partition coefficient (Wildman–Crippen LogP) is 5.86. The van der Waals surface area contributed by atoms with E-state index in [0.29, 0.717) is 12.0 Å². The van der Waals surface area contributed by atoms with Crippen LogP contribution in [0.2, 0.25) is 0 Å². The number of methoxy groups -OCH3 is 1. The molecule has 0 saturated heterocycles. The lowest BCUT2D eigenvalue weighted by molar-refractivity contribution is -0.140. The number of halogens is 4. The third-order valence-electron chi connectivity index (χ3n) is 6.11. The first-order valence-electron chi connectivity index (χ1n) is 10.6. The monoisotopic (exact) mass is 453 g/mol. The molecular formula is C24H27F4NO3. The number of aryl methyl sites for hydroxylation is 1. The smallest absolute Gasteiger partial charge is 0.416 e. The Labute approximate surface area is 184 Å². The molecule has 0 amide bonds. The Hall–Kier alpha value is -2.61. The molecule has 174 valence electrons. The van der Waals surface area contributed by atoms with Crippen LogP contribution in [0.3, 0.4) is 0 Å². The van der Waals surface area contributed by atoms with Crippen molar-refractivity contribution in [1.82, 2.24) is 5.32 Å². The van der Waals surface area contributed by atoms with Crippen LogP contribution in [0, 0.1) is 5.82 Å². The highest BCUT2D eigenvalue weighted by Crippen LogP contribution is 2.40. The molecule has 2 N–H and O–H groups in total. The highest BCUT2D eigenvalue weighted by atomic mass is 19.4. The van der Waals surface area contributed by atoms with Gasteiger partial charge in [-0.2, -0.15) is 13.2 Å². The van der Waals surface area contributed by atoms with Crippen molar-refractivity contribution in [1.29, 1.82) is 0 Å². The van der Waals surface area contributed by atoms with Crippen LogP contribution in [-0.2, 0) is 17.4 Å². The second-order valence-corrected chi connectivity index (χ2v) is 8.30. The maximum absolute atomic E-state index is 13.7. The molecule has 3 rings (SSSR count). The zero-order chi connectivity index (χ0) is 23.5. The molecule has 1 aliphatic carbocycles. The summed E-state index contributed by atoms with van der Waals surface area (Å²) in [5.74, 6) is -1.41. The molecule has 1 unspecified atom stereocenters. The van der Waals surface area contributed by atoms with Crippen LogP contribution >= 0.6 is 0 Å². The molecule has 0 spiro atoms. The molecule has 1 aliphatic rings. The van der Waals surface area contributed by atoms with Gasteiger partial charge < -0.3 is 15.2 Å². The molecule has 8 heteroatoms. The topological polar surface area (TPSA) is 58.6 Å². The first-order chi connectivity index (χ1) is 15.1. The maximum atomic E-state index is 13.7. The molecule has 0 aromatic heterocycles. The first kappa shape index (κ1) is 24.0. The minimum Gasteiger partial charge on any atom is -0.494 e. The van der Waals surface area contributed by atoms with Crippen molar-refractivity contribution < 1.29 is 32.2 Å². The van der Waals surface area contributed by atoms with Gasteiger partial charge in [0.05, 0.1) is 12.7 Å². The predicted molar refractivity (Wildman–Crippen MR) is 112 cm³/mol. The number of hydrogen-bond donors (Lipinski definition) is 2. The van der Waals surface area contributed by atoms with Crippen molar-refractivity contribution in [3.8, 4) is 5.75 Å². The van der Waals surface area contributed by atoms with Crippen LogP contribution in [0.5, 0.6) is 5.75 Å². The van der Waals surface area contributed by atoms with Crippen molar-refractivity contribution in [2.45, 2.75) is 63.2 Å². The fraction of sp³-hybridized carbons (Fsp3) is 0.458. The van der Waals surface area contributed by atoms with Gasteiger partial charge in [-0.05, 0) is 73.4 Å². The van der Waals surface area contributed by atoms with Gasteiger partial charge >= 0.3 is 12.1 Å². The Balaban J connectivity index is 1.69. The molecular weight excluding hydrogens is 426 g/mol. The SMILES string of the molecule is COc1cc([C@H](C)N[C@H]2CCC(c3ccc(CCC(=O)O)c(C(F)(F)F)c3)C2)ccc1F. The number of carboxylic acid groups (broad SMARTS) is 1. The van der Waals surface area contributed by atoms with E-state index in [0.717, 1.165) is 18.4 Å². The van der Waals surface area contributed by atoms with E-state index < -0.39 is 23.5 Å². The molecule has 0 radical (unpaired) electrons. The van der Waals surface area contributed by atoms with Crippen molar-refractivity contribution in [3.63, 3.8) is 0 Å².